The fraction of sp³-hybridized carbons (Fsp3) is 0.462. The van der Waals surface area contributed by atoms with Gasteiger partial charge >= 0.3 is 0 Å². The van der Waals surface area contributed by atoms with Crippen LogP contribution in [0.15, 0.2) is 48.5 Å². The van der Waals surface area contributed by atoms with Crippen LogP contribution in [0.25, 0.3) is 0 Å². The lowest BCUT2D eigenvalue weighted by Crippen LogP contribution is -2.55. The van der Waals surface area contributed by atoms with Crippen molar-refractivity contribution in [3.63, 3.8) is 0 Å². The summed E-state index contributed by atoms with van der Waals surface area (Å²) in [7, 11) is 0. The average Bonchev–Trinajstić information content (AvgIpc) is 3.43. The van der Waals surface area contributed by atoms with E-state index in [9.17, 15) is 19.6 Å². The van der Waals surface area contributed by atoms with Gasteiger partial charge in [0.15, 0.2) is 0 Å². The SMILES string of the molecule is N#Cc1ccc(N2C(=O)[C@@H]3[C@@H]4[C@H]2OCC[C@@]42C[C@H](O)[C@]3(COCc3ccccc3)O2)cc1CF. The first-order valence-corrected chi connectivity index (χ1v) is 11.6. The molecular weight excluding hydrogens is 439 g/mol. The van der Waals surface area contributed by atoms with Crippen molar-refractivity contribution in [2.75, 3.05) is 18.1 Å². The van der Waals surface area contributed by atoms with Crippen LogP contribution in [0.5, 0.6) is 0 Å². The molecule has 2 aromatic carbocycles. The quantitative estimate of drug-likeness (QED) is 0.707. The molecule has 6 atom stereocenters. The minimum absolute atomic E-state index is 0.0847. The maximum absolute atomic E-state index is 13.9. The number of hydrogen-bond acceptors (Lipinski definition) is 6. The van der Waals surface area contributed by atoms with E-state index in [4.69, 9.17) is 14.2 Å². The summed E-state index contributed by atoms with van der Waals surface area (Å²) in [5.74, 6) is -1.13. The second kappa shape index (κ2) is 7.85. The molecule has 2 aromatic rings. The van der Waals surface area contributed by atoms with Crippen molar-refractivity contribution in [1.29, 1.82) is 5.26 Å². The number of nitriles is 1. The third-order valence-corrected chi connectivity index (χ3v) is 7.94. The summed E-state index contributed by atoms with van der Waals surface area (Å²) in [6, 6.07) is 16.4. The van der Waals surface area contributed by atoms with Crippen LogP contribution in [0.4, 0.5) is 10.1 Å². The van der Waals surface area contributed by atoms with Gasteiger partial charge in [-0.25, -0.2) is 4.39 Å². The third-order valence-electron chi connectivity index (χ3n) is 7.94. The molecule has 8 heteroatoms. The number of nitrogens with zero attached hydrogens (tertiary/aromatic N) is 2. The van der Waals surface area contributed by atoms with Crippen molar-refractivity contribution in [3.05, 3.63) is 65.2 Å². The number of fused-ring (bicyclic) bond motifs is 2. The van der Waals surface area contributed by atoms with Gasteiger partial charge in [0, 0.05) is 30.0 Å². The van der Waals surface area contributed by atoms with Gasteiger partial charge in [0.05, 0.1) is 49.1 Å². The lowest BCUT2D eigenvalue weighted by Gasteiger charge is -2.42. The molecular formula is C26H25FN2O5. The fourth-order valence-corrected chi connectivity index (χ4v) is 6.49. The Morgan fingerprint density at radius 1 is 1.26 bits per heavy atom. The van der Waals surface area contributed by atoms with Gasteiger partial charge in [-0.2, -0.15) is 5.26 Å². The Kier molecular flexibility index (Phi) is 5.01. The Labute approximate surface area is 196 Å². The molecule has 2 bridgehead atoms. The van der Waals surface area contributed by atoms with Crippen LogP contribution in [-0.4, -0.2) is 47.8 Å². The van der Waals surface area contributed by atoms with Crippen LogP contribution in [0.2, 0.25) is 0 Å². The molecule has 1 amide bonds. The molecule has 7 nitrogen and oxygen atoms in total. The molecule has 0 aliphatic carbocycles. The number of aliphatic hydroxyl groups is 1. The van der Waals surface area contributed by atoms with E-state index in [-0.39, 0.29) is 29.6 Å². The smallest absolute Gasteiger partial charge is 0.235 e. The summed E-state index contributed by atoms with van der Waals surface area (Å²) in [4.78, 5) is 15.5. The first-order valence-electron chi connectivity index (χ1n) is 11.6. The number of aliphatic hydroxyl groups excluding tert-OH is 1. The van der Waals surface area contributed by atoms with E-state index < -0.39 is 36.1 Å². The predicted octanol–water partition coefficient (Wildman–Crippen LogP) is 2.84. The van der Waals surface area contributed by atoms with E-state index in [2.05, 4.69) is 0 Å². The van der Waals surface area contributed by atoms with E-state index in [1.165, 1.54) is 6.07 Å². The number of alkyl halides is 1. The summed E-state index contributed by atoms with van der Waals surface area (Å²) in [6.07, 6.45) is -0.399. The first-order chi connectivity index (χ1) is 16.5. The molecule has 0 aromatic heterocycles. The lowest BCUT2D eigenvalue weighted by molar-refractivity contribution is -0.161. The number of carbonyl (C=O) groups excluding carboxylic acids is 1. The highest BCUT2D eigenvalue weighted by molar-refractivity contribution is 6.00. The van der Waals surface area contributed by atoms with Crippen molar-refractivity contribution < 1.29 is 28.5 Å². The van der Waals surface area contributed by atoms with Crippen molar-refractivity contribution in [2.24, 2.45) is 11.8 Å². The lowest BCUT2D eigenvalue weighted by atomic mass is 9.64. The normalized spacial score (nSPS) is 35.4. The highest BCUT2D eigenvalue weighted by atomic mass is 19.1. The van der Waals surface area contributed by atoms with E-state index in [1.54, 1.807) is 17.0 Å². The van der Waals surface area contributed by atoms with E-state index >= 15 is 0 Å². The maximum Gasteiger partial charge on any atom is 0.235 e. The molecule has 1 spiro atoms. The van der Waals surface area contributed by atoms with Gasteiger partial charge in [-0.05, 0) is 23.8 Å². The Bertz CT molecular complexity index is 1170. The van der Waals surface area contributed by atoms with Gasteiger partial charge in [0.1, 0.15) is 18.5 Å². The highest BCUT2D eigenvalue weighted by Crippen LogP contribution is 2.65. The van der Waals surface area contributed by atoms with Gasteiger partial charge in [0.25, 0.3) is 0 Å². The van der Waals surface area contributed by atoms with Crippen molar-refractivity contribution >= 4 is 11.6 Å². The maximum atomic E-state index is 13.9. The fourth-order valence-electron chi connectivity index (χ4n) is 6.49. The number of carbonyl (C=O) groups is 1. The van der Waals surface area contributed by atoms with Crippen LogP contribution in [0, 0.1) is 23.2 Å². The van der Waals surface area contributed by atoms with Gasteiger partial charge in [-0.1, -0.05) is 30.3 Å². The van der Waals surface area contributed by atoms with E-state index in [1.807, 2.05) is 36.4 Å². The number of amides is 1. The minimum Gasteiger partial charge on any atom is -0.390 e. The molecule has 4 saturated heterocycles. The summed E-state index contributed by atoms with van der Waals surface area (Å²) in [5, 5.41) is 20.4. The molecule has 176 valence electrons. The third kappa shape index (κ3) is 2.91. The number of rotatable bonds is 6. The minimum atomic E-state index is -1.16. The number of anilines is 1. The number of ether oxygens (including phenoxy) is 3. The van der Waals surface area contributed by atoms with Crippen LogP contribution in [-0.2, 0) is 32.3 Å². The second-order valence-electron chi connectivity index (χ2n) is 9.63. The molecule has 0 unspecified atom stereocenters. The Hall–Kier alpha value is -2.83. The molecule has 4 aliphatic rings. The topological polar surface area (TPSA) is 92.0 Å². The van der Waals surface area contributed by atoms with Gasteiger partial charge < -0.3 is 19.3 Å². The van der Waals surface area contributed by atoms with Crippen LogP contribution < -0.4 is 4.90 Å². The number of hydrogen-bond donors (Lipinski definition) is 1. The van der Waals surface area contributed by atoms with Gasteiger partial charge in [-0.3, -0.25) is 9.69 Å². The summed E-state index contributed by atoms with van der Waals surface area (Å²) >= 11 is 0. The summed E-state index contributed by atoms with van der Waals surface area (Å²) in [5.41, 5.74) is 0.130. The standard InChI is InChI=1S/C26H25FN2O5/c27-12-18-10-19(7-6-17(18)13-28)29-23(31)21-22-24(29)33-9-8-25(22)11-20(30)26(21,34-25)15-32-14-16-4-2-1-3-5-16/h1-7,10,20-22,24,30H,8-9,11-12,14-15H2/t20-,21-,22+,24+,25+,26-/m0/s1. The zero-order chi connectivity index (χ0) is 23.5. The molecule has 0 saturated carbocycles. The zero-order valence-corrected chi connectivity index (χ0v) is 18.5. The number of benzene rings is 2. The average molecular weight is 464 g/mol. The van der Waals surface area contributed by atoms with Crippen LogP contribution >= 0.6 is 0 Å². The molecule has 4 aliphatic heterocycles. The molecule has 1 N–H and O–H groups in total. The monoisotopic (exact) mass is 464 g/mol. The largest absolute Gasteiger partial charge is 0.390 e. The van der Waals surface area contributed by atoms with Crippen molar-refractivity contribution in [2.45, 2.75) is 49.7 Å². The number of halogens is 1. The second-order valence-corrected chi connectivity index (χ2v) is 9.63. The van der Waals surface area contributed by atoms with Gasteiger partial charge in [0.2, 0.25) is 5.91 Å². The Balaban J connectivity index is 1.34. The van der Waals surface area contributed by atoms with Gasteiger partial charge in [-0.15, -0.1) is 0 Å². The van der Waals surface area contributed by atoms with E-state index in [0.717, 1.165) is 5.56 Å². The highest BCUT2D eigenvalue weighted by Gasteiger charge is 2.79. The summed E-state index contributed by atoms with van der Waals surface area (Å²) < 4.78 is 32.3. The summed E-state index contributed by atoms with van der Waals surface area (Å²) in [6.45, 7) is 0.00943. The Morgan fingerprint density at radius 3 is 2.85 bits per heavy atom. The van der Waals surface area contributed by atoms with Crippen molar-refractivity contribution in [3.8, 4) is 6.07 Å². The van der Waals surface area contributed by atoms with Crippen LogP contribution in [0.3, 0.4) is 0 Å². The molecule has 4 fully saturated rings. The molecule has 6 rings (SSSR count). The van der Waals surface area contributed by atoms with Crippen LogP contribution in [0.1, 0.15) is 29.5 Å². The molecule has 0 radical (unpaired) electrons. The van der Waals surface area contributed by atoms with Crippen molar-refractivity contribution in [1.82, 2.24) is 0 Å². The zero-order valence-electron chi connectivity index (χ0n) is 18.5. The molecule has 34 heavy (non-hydrogen) atoms. The first kappa shape index (κ1) is 21.7. The van der Waals surface area contributed by atoms with E-state index in [0.29, 0.717) is 31.7 Å². The Morgan fingerprint density at radius 2 is 2.09 bits per heavy atom. The molecule has 4 heterocycles. The predicted molar refractivity (Wildman–Crippen MR) is 118 cm³/mol.